The number of ether oxygens (including phenoxy) is 1. The molecule has 4 rings (SSSR count). The minimum absolute atomic E-state index is 0.239. The lowest BCUT2D eigenvalue weighted by Gasteiger charge is -2.34. The molecule has 1 aromatic heterocycles. The Balaban J connectivity index is 1.34. The quantitative estimate of drug-likeness (QED) is 0.722. The molecule has 2 bridgehead atoms. The Morgan fingerprint density at radius 3 is 2.18 bits per heavy atom. The first-order chi connectivity index (χ1) is 13.3. The molecule has 150 valence electrons. The fourth-order valence-electron chi connectivity index (χ4n) is 4.18. The predicted octanol–water partition coefficient (Wildman–Crippen LogP) is 3.71. The summed E-state index contributed by atoms with van der Waals surface area (Å²) in [5.41, 5.74) is 0.825. The van der Waals surface area contributed by atoms with Crippen molar-refractivity contribution in [3.63, 3.8) is 0 Å². The molecule has 0 N–H and O–H groups in total. The Hall–Kier alpha value is -2.19. The van der Waals surface area contributed by atoms with Crippen molar-refractivity contribution in [2.45, 2.75) is 37.8 Å². The van der Waals surface area contributed by atoms with E-state index in [4.69, 9.17) is 4.74 Å². The molecular weight excluding hydrogens is 374 g/mol. The van der Waals surface area contributed by atoms with Crippen LogP contribution in [0.2, 0.25) is 0 Å². The van der Waals surface area contributed by atoms with Crippen LogP contribution in [0.15, 0.2) is 36.5 Å². The molecule has 0 amide bonds. The van der Waals surface area contributed by atoms with Gasteiger partial charge in [0, 0.05) is 44.5 Å². The zero-order valence-corrected chi connectivity index (χ0v) is 15.4. The Morgan fingerprint density at radius 2 is 1.68 bits per heavy atom. The molecule has 8 heteroatoms. The van der Waals surface area contributed by atoms with Gasteiger partial charge < -0.3 is 4.74 Å². The van der Waals surface area contributed by atoms with Crippen LogP contribution in [0.5, 0.6) is 5.75 Å². The normalized spacial score (nSPS) is 22.8. The van der Waals surface area contributed by atoms with Crippen molar-refractivity contribution in [1.82, 2.24) is 14.8 Å². The van der Waals surface area contributed by atoms with E-state index in [2.05, 4.69) is 14.8 Å². The van der Waals surface area contributed by atoms with Gasteiger partial charge in [-0.1, -0.05) is 12.1 Å². The number of alkyl halides is 3. The minimum atomic E-state index is -4.41. The van der Waals surface area contributed by atoms with Gasteiger partial charge in [0.05, 0.1) is 7.11 Å². The number of hydrogen-bond acceptors (Lipinski definition) is 4. The smallest absolute Gasteiger partial charge is 0.433 e. The molecule has 1 aromatic carbocycles. The summed E-state index contributed by atoms with van der Waals surface area (Å²) in [7, 11) is 1.44. The molecule has 0 saturated carbocycles. The topological polar surface area (TPSA) is 28.6 Å². The first-order valence-electron chi connectivity index (χ1n) is 9.16. The second-order valence-corrected chi connectivity index (χ2v) is 7.42. The summed E-state index contributed by atoms with van der Waals surface area (Å²) in [5.74, 6) is -0.121. The molecule has 2 aliphatic rings. The minimum Gasteiger partial charge on any atom is -0.494 e. The molecule has 2 atom stereocenters. The Kier molecular flexibility index (Phi) is 5.01. The van der Waals surface area contributed by atoms with Crippen LogP contribution in [0.25, 0.3) is 0 Å². The summed E-state index contributed by atoms with van der Waals surface area (Å²) in [6, 6.07) is 8.29. The zero-order chi connectivity index (χ0) is 19.9. The average Bonchev–Trinajstić information content (AvgIpc) is 3.21. The average molecular weight is 395 g/mol. The van der Waals surface area contributed by atoms with E-state index in [1.165, 1.54) is 25.4 Å². The van der Waals surface area contributed by atoms with Crippen LogP contribution in [-0.2, 0) is 19.3 Å². The number of methoxy groups -OCH3 is 1. The molecule has 2 saturated heterocycles. The summed E-state index contributed by atoms with van der Waals surface area (Å²) in [5, 5.41) is 0. The fraction of sp³-hybridized carbons (Fsp3) is 0.450. The maximum absolute atomic E-state index is 13.9. The summed E-state index contributed by atoms with van der Waals surface area (Å²) >= 11 is 0. The summed E-state index contributed by atoms with van der Waals surface area (Å²) in [6.45, 7) is 2.99. The zero-order valence-electron chi connectivity index (χ0n) is 15.4. The number of fused-ring (bicyclic) bond motifs is 2. The highest BCUT2D eigenvalue weighted by Gasteiger charge is 2.42. The monoisotopic (exact) mass is 395 g/mol. The van der Waals surface area contributed by atoms with Gasteiger partial charge in [0.15, 0.2) is 11.6 Å². The Labute approximate surface area is 160 Å². The summed E-state index contributed by atoms with van der Waals surface area (Å²) in [6.07, 6.45) is -2.08. The number of nitrogens with zero attached hydrogens (tertiary/aromatic N) is 3. The lowest BCUT2D eigenvalue weighted by Crippen LogP contribution is -2.45. The van der Waals surface area contributed by atoms with Gasteiger partial charge in [-0.3, -0.25) is 14.8 Å². The number of likely N-dealkylation sites (tertiary alicyclic amines) is 2. The number of pyridine rings is 1. The van der Waals surface area contributed by atoms with Gasteiger partial charge in [0.2, 0.25) is 0 Å². The lowest BCUT2D eigenvalue weighted by molar-refractivity contribution is -0.141. The third-order valence-corrected chi connectivity index (χ3v) is 5.57. The number of piperazine rings is 1. The highest BCUT2D eigenvalue weighted by Crippen LogP contribution is 2.34. The van der Waals surface area contributed by atoms with Gasteiger partial charge >= 0.3 is 6.18 Å². The van der Waals surface area contributed by atoms with E-state index in [-0.39, 0.29) is 11.6 Å². The van der Waals surface area contributed by atoms with Gasteiger partial charge in [-0.2, -0.15) is 13.2 Å². The fourth-order valence-corrected chi connectivity index (χ4v) is 4.18. The van der Waals surface area contributed by atoms with Crippen molar-refractivity contribution >= 4 is 0 Å². The second-order valence-electron chi connectivity index (χ2n) is 7.42. The first-order valence-corrected chi connectivity index (χ1v) is 9.16. The van der Waals surface area contributed by atoms with E-state index in [9.17, 15) is 17.6 Å². The van der Waals surface area contributed by atoms with Crippen LogP contribution in [-0.4, -0.2) is 47.1 Å². The summed E-state index contributed by atoms with van der Waals surface area (Å²) < 4.78 is 56.7. The van der Waals surface area contributed by atoms with Gasteiger partial charge in [0.25, 0.3) is 0 Å². The van der Waals surface area contributed by atoms with E-state index < -0.39 is 11.9 Å². The maximum Gasteiger partial charge on any atom is 0.433 e. The molecule has 0 aliphatic carbocycles. The van der Waals surface area contributed by atoms with Crippen LogP contribution in [0.4, 0.5) is 17.6 Å². The van der Waals surface area contributed by atoms with E-state index in [0.29, 0.717) is 25.2 Å². The molecule has 2 fully saturated rings. The standard InChI is InChI=1S/C20H21F4N3O/c1-28-18-4-2-13(6-17(18)21)9-26-11-16-7-15(26)12-27(16)10-14-3-5-19(25-8-14)20(22,23)24/h2-6,8,15-16H,7,9-12H2,1H3. The third kappa shape index (κ3) is 3.84. The molecule has 4 nitrogen and oxygen atoms in total. The summed E-state index contributed by atoms with van der Waals surface area (Å²) in [4.78, 5) is 8.17. The molecule has 2 aromatic rings. The van der Waals surface area contributed by atoms with Gasteiger partial charge in [0.1, 0.15) is 5.69 Å². The van der Waals surface area contributed by atoms with Gasteiger partial charge in [-0.25, -0.2) is 4.39 Å². The lowest BCUT2D eigenvalue weighted by atomic mass is 10.1. The Morgan fingerprint density at radius 1 is 1.04 bits per heavy atom. The van der Waals surface area contributed by atoms with Crippen molar-refractivity contribution in [3.05, 3.63) is 59.2 Å². The van der Waals surface area contributed by atoms with Crippen molar-refractivity contribution in [3.8, 4) is 5.75 Å². The number of aromatic nitrogens is 1. The van der Waals surface area contributed by atoms with Crippen molar-refractivity contribution in [2.24, 2.45) is 0 Å². The SMILES string of the molecule is COc1ccc(CN2CC3CC2CN3Cc2ccc(C(F)(F)F)nc2)cc1F. The predicted molar refractivity (Wildman–Crippen MR) is 95.2 cm³/mol. The number of hydrogen-bond donors (Lipinski definition) is 0. The van der Waals surface area contributed by atoms with Crippen molar-refractivity contribution in [2.75, 3.05) is 20.2 Å². The molecule has 2 unspecified atom stereocenters. The van der Waals surface area contributed by atoms with Crippen LogP contribution in [0, 0.1) is 5.82 Å². The molecule has 0 radical (unpaired) electrons. The highest BCUT2D eigenvalue weighted by molar-refractivity contribution is 5.29. The van der Waals surface area contributed by atoms with Crippen LogP contribution >= 0.6 is 0 Å². The van der Waals surface area contributed by atoms with Crippen LogP contribution < -0.4 is 4.74 Å². The van der Waals surface area contributed by atoms with E-state index in [1.807, 2.05) is 6.07 Å². The van der Waals surface area contributed by atoms with Gasteiger partial charge in [-0.05, 0) is 35.7 Å². The highest BCUT2D eigenvalue weighted by atomic mass is 19.4. The number of rotatable bonds is 5. The molecular formula is C20H21F4N3O. The molecule has 28 heavy (non-hydrogen) atoms. The van der Waals surface area contributed by atoms with E-state index in [1.54, 1.807) is 6.07 Å². The van der Waals surface area contributed by atoms with Crippen LogP contribution in [0.1, 0.15) is 23.2 Å². The molecule has 0 spiro atoms. The number of halogens is 4. The maximum atomic E-state index is 13.9. The largest absolute Gasteiger partial charge is 0.494 e. The molecule has 3 heterocycles. The van der Waals surface area contributed by atoms with E-state index >= 15 is 0 Å². The van der Waals surface area contributed by atoms with Crippen molar-refractivity contribution in [1.29, 1.82) is 0 Å². The number of benzene rings is 1. The van der Waals surface area contributed by atoms with Gasteiger partial charge in [-0.15, -0.1) is 0 Å². The van der Waals surface area contributed by atoms with E-state index in [0.717, 1.165) is 36.7 Å². The van der Waals surface area contributed by atoms with Crippen molar-refractivity contribution < 1.29 is 22.3 Å². The third-order valence-electron chi connectivity index (χ3n) is 5.57. The first kappa shape index (κ1) is 19.1. The Bertz CT molecular complexity index is 840. The second kappa shape index (κ2) is 7.33. The molecule has 2 aliphatic heterocycles. The van der Waals surface area contributed by atoms with Crippen LogP contribution in [0.3, 0.4) is 0 Å².